The minimum atomic E-state index is -2.95. The van der Waals surface area contributed by atoms with Crippen LogP contribution in [0, 0.1) is 0 Å². The Labute approximate surface area is 146 Å². The molecule has 0 bridgehead atoms. The van der Waals surface area contributed by atoms with Gasteiger partial charge >= 0.3 is 0 Å². The van der Waals surface area contributed by atoms with E-state index in [-0.39, 0.29) is 0 Å². The SMILES string of the molecule is OC[C@H]1O[C@H](O[C@@H]2[C@@H](CO)O[C@H](Cl)[C@](F)(Cl)[C@H]2O)[C@H](O)[C@@H](O)[C@@H]1O. The van der Waals surface area contributed by atoms with Gasteiger partial charge < -0.3 is 44.8 Å². The average Bonchev–Trinajstić information content (AvgIpc) is 2.55. The van der Waals surface area contributed by atoms with Gasteiger partial charge in [-0.1, -0.05) is 23.2 Å². The third kappa shape index (κ3) is 3.64. The number of alkyl halides is 3. The molecule has 24 heavy (non-hydrogen) atoms. The summed E-state index contributed by atoms with van der Waals surface area (Å²) in [7, 11) is 0. The molecule has 2 saturated heterocycles. The molecule has 2 fully saturated rings. The van der Waals surface area contributed by atoms with Gasteiger partial charge in [-0.25, -0.2) is 4.39 Å². The molecule has 0 spiro atoms. The Morgan fingerprint density at radius 2 is 1.54 bits per heavy atom. The molecule has 12 heteroatoms. The predicted octanol–water partition coefficient (Wildman–Crippen LogP) is -2.61. The summed E-state index contributed by atoms with van der Waals surface area (Å²) in [5.41, 5.74) is -1.78. The highest BCUT2D eigenvalue weighted by Gasteiger charge is 2.57. The van der Waals surface area contributed by atoms with E-state index in [1.807, 2.05) is 0 Å². The first-order valence-electron chi connectivity index (χ1n) is 7.07. The van der Waals surface area contributed by atoms with Crippen molar-refractivity contribution in [1.82, 2.24) is 0 Å². The molecule has 0 aliphatic carbocycles. The molecule has 0 aromatic rings. The number of ether oxygens (including phenoxy) is 3. The summed E-state index contributed by atoms with van der Waals surface area (Å²) in [5.74, 6) is 0. The highest BCUT2D eigenvalue weighted by molar-refractivity contribution is 6.31. The summed E-state index contributed by atoms with van der Waals surface area (Å²) in [6.07, 6.45) is -13.1. The van der Waals surface area contributed by atoms with E-state index in [9.17, 15) is 29.9 Å². The molecule has 0 radical (unpaired) electrons. The number of hydrogen-bond donors (Lipinski definition) is 6. The number of halogens is 3. The van der Waals surface area contributed by atoms with Gasteiger partial charge in [0.1, 0.15) is 42.7 Å². The third-order valence-corrected chi connectivity index (χ3v) is 4.94. The maximum absolute atomic E-state index is 14.2. The van der Waals surface area contributed by atoms with Crippen molar-refractivity contribution in [2.24, 2.45) is 0 Å². The standard InChI is InChI=1S/C12H19Cl2FO9/c13-11-12(14,15)9(21)8(4(2-17)23-11)24-10-7(20)6(19)5(18)3(1-16)22-10/h3-11,16-21H,1-2H2/t3-,4-,5-,6+,7-,8-,9+,10-,11+,12+/m1/s1. The Morgan fingerprint density at radius 1 is 0.958 bits per heavy atom. The Kier molecular flexibility index (Phi) is 6.65. The third-order valence-electron chi connectivity index (χ3n) is 3.99. The van der Waals surface area contributed by atoms with E-state index in [1.54, 1.807) is 0 Å². The molecular formula is C12H19Cl2FO9. The van der Waals surface area contributed by atoms with Crippen LogP contribution in [0.5, 0.6) is 0 Å². The van der Waals surface area contributed by atoms with Gasteiger partial charge in [-0.05, 0) is 0 Å². The Morgan fingerprint density at radius 3 is 2.08 bits per heavy atom. The molecule has 9 nitrogen and oxygen atoms in total. The second-order valence-electron chi connectivity index (χ2n) is 5.59. The van der Waals surface area contributed by atoms with Crippen LogP contribution in [0.25, 0.3) is 0 Å². The summed E-state index contributed by atoms with van der Waals surface area (Å²) in [6.45, 7) is -1.43. The fourth-order valence-electron chi connectivity index (χ4n) is 2.52. The van der Waals surface area contributed by atoms with Crippen LogP contribution < -0.4 is 0 Å². The molecule has 2 rings (SSSR count). The Hall–Kier alpha value is 0.150. The Bertz CT molecular complexity index is 429. The second-order valence-corrected chi connectivity index (χ2v) is 6.57. The molecular weight excluding hydrogens is 378 g/mol. The number of aliphatic hydroxyl groups excluding tert-OH is 6. The second kappa shape index (κ2) is 7.80. The zero-order chi connectivity index (χ0) is 18.2. The molecule has 2 heterocycles. The van der Waals surface area contributed by atoms with Crippen LogP contribution in [0.3, 0.4) is 0 Å². The molecule has 0 amide bonds. The quantitative estimate of drug-likeness (QED) is 0.281. The van der Waals surface area contributed by atoms with Crippen molar-refractivity contribution in [3.05, 3.63) is 0 Å². The first-order valence-corrected chi connectivity index (χ1v) is 7.88. The lowest BCUT2D eigenvalue weighted by Gasteiger charge is -2.46. The monoisotopic (exact) mass is 396 g/mol. The van der Waals surface area contributed by atoms with Crippen molar-refractivity contribution < 1.29 is 49.2 Å². The molecule has 0 saturated carbocycles. The number of rotatable bonds is 4. The first kappa shape index (κ1) is 20.5. The summed E-state index contributed by atoms with van der Waals surface area (Å²) >= 11 is 11.0. The van der Waals surface area contributed by atoms with Gasteiger partial charge in [0, 0.05) is 0 Å². The minimum Gasteiger partial charge on any atom is -0.394 e. The van der Waals surface area contributed by atoms with E-state index >= 15 is 0 Å². The van der Waals surface area contributed by atoms with Crippen molar-refractivity contribution in [3.63, 3.8) is 0 Å². The van der Waals surface area contributed by atoms with Crippen LogP contribution in [-0.2, 0) is 14.2 Å². The van der Waals surface area contributed by atoms with Crippen LogP contribution in [0.15, 0.2) is 0 Å². The van der Waals surface area contributed by atoms with Crippen molar-refractivity contribution >= 4 is 23.2 Å². The van der Waals surface area contributed by atoms with Gasteiger partial charge in [0.25, 0.3) is 5.13 Å². The van der Waals surface area contributed by atoms with Gasteiger partial charge in [0.05, 0.1) is 13.2 Å². The van der Waals surface area contributed by atoms with Gasteiger partial charge in [-0.15, -0.1) is 0 Å². The fourth-order valence-corrected chi connectivity index (χ4v) is 2.96. The van der Waals surface area contributed by atoms with E-state index in [0.717, 1.165) is 0 Å². The lowest BCUT2D eigenvalue weighted by Crippen LogP contribution is -2.65. The molecule has 0 unspecified atom stereocenters. The summed E-state index contributed by atoms with van der Waals surface area (Å²) in [4.78, 5) is 0. The molecule has 0 aromatic carbocycles. The van der Waals surface area contributed by atoms with Crippen molar-refractivity contribution in [3.8, 4) is 0 Å². The lowest BCUT2D eigenvalue weighted by molar-refractivity contribution is -0.338. The Balaban J connectivity index is 2.17. The van der Waals surface area contributed by atoms with Crippen molar-refractivity contribution in [2.75, 3.05) is 13.2 Å². The summed E-state index contributed by atoms with van der Waals surface area (Å²) in [5, 5.41) is 54.7. The predicted molar refractivity (Wildman–Crippen MR) is 75.9 cm³/mol. The van der Waals surface area contributed by atoms with Crippen LogP contribution in [-0.4, -0.2) is 104 Å². The van der Waals surface area contributed by atoms with Gasteiger partial charge in [0.2, 0.25) is 0 Å². The van der Waals surface area contributed by atoms with Crippen LogP contribution in [0.4, 0.5) is 4.39 Å². The summed E-state index contributed by atoms with van der Waals surface area (Å²) < 4.78 is 29.5. The number of aliphatic hydroxyl groups is 6. The summed E-state index contributed by atoms with van der Waals surface area (Å²) in [6, 6.07) is 0. The van der Waals surface area contributed by atoms with Gasteiger partial charge in [0.15, 0.2) is 11.9 Å². The highest BCUT2D eigenvalue weighted by atomic mass is 35.5. The fraction of sp³-hybridized carbons (Fsp3) is 1.00. The van der Waals surface area contributed by atoms with E-state index in [4.69, 9.17) is 42.5 Å². The average molecular weight is 397 g/mol. The van der Waals surface area contributed by atoms with E-state index in [0.29, 0.717) is 0 Å². The molecule has 0 aromatic heterocycles. The zero-order valence-electron chi connectivity index (χ0n) is 12.2. The van der Waals surface area contributed by atoms with Crippen molar-refractivity contribution in [1.29, 1.82) is 0 Å². The maximum atomic E-state index is 14.2. The van der Waals surface area contributed by atoms with Crippen LogP contribution in [0.2, 0.25) is 0 Å². The largest absolute Gasteiger partial charge is 0.394 e. The van der Waals surface area contributed by atoms with E-state index in [2.05, 4.69) is 0 Å². The van der Waals surface area contributed by atoms with E-state index < -0.39 is 72.9 Å². The zero-order valence-corrected chi connectivity index (χ0v) is 13.7. The molecule has 2 aliphatic heterocycles. The number of hydrogen-bond acceptors (Lipinski definition) is 9. The minimum absolute atomic E-state index is 0.704. The molecule has 2 aliphatic rings. The maximum Gasteiger partial charge on any atom is 0.251 e. The van der Waals surface area contributed by atoms with Gasteiger partial charge in [-0.3, -0.25) is 0 Å². The molecule has 142 valence electrons. The molecule has 10 atom stereocenters. The first-order chi connectivity index (χ1) is 11.1. The molecule has 6 N–H and O–H groups in total. The highest BCUT2D eigenvalue weighted by Crippen LogP contribution is 2.40. The van der Waals surface area contributed by atoms with Crippen molar-refractivity contribution in [2.45, 2.75) is 59.7 Å². The van der Waals surface area contributed by atoms with Gasteiger partial charge in [-0.2, -0.15) is 0 Å². The van der Waals surface area contributed by atoms with Crippen LogP contribution in [0.1, 0.15) is 0 Å². The topological polar surface area (TPSA) is 149 Å². The normalized spacial score (nSPS) is 53.1. The smallest absolute Gasteiger partial charge is 0.251 e. The van der Waals surface area contributed by atoms with E-state index in [1.165, 1.54) is 0 Å². The van der Waals surface area contributed by atoms with Crippen LogP contribution >= 0.6 is 23.2 Å². The lowest BCUT2D eigenvalue weighted by atomic mass is 9.97.